The molecule has 0 radical (unpaired) electrons. The Morgan fingerprint density at radius 1 is 1.06 bits per heavy atom. The summed E-state index contributed by atoms with van der Waals surface area (Å²) in [6, 6.07) is 17.4. The summed E-state index contributed by atoms with van der Waals surface area (Å²) >= 11 is 1.88. The Labute approximate surface area is 210 Å². The fraction of sp³-hybridized carbons (Fsp3) is 0.281. The quantitative estimate of drug-likeness (QED) is 0.276. The van der Waals surface area contributed by atoms with E-state index in [1.165, 1.54) is 69.0 Å². The topological polar surface area (TPSA) is 12.0 Å². The van der Waals surface area contributed by atoms with Gasteiger partial charge < -0.3 is 11.7 Å². The van der Waals surface area contributed by atoms with Crippen molar-refractivity contribution >= 4 is 29.1 Å². The maximum atomic E-state index is 3.53. The van der Waals surface area contributed by atoms with Crippen molar-refractivity contribution in [1.29, 1.82) is 0 Å². The Morgan fingerprint density at radius 2 is 1.85 bits per heavy atom. The SMILES string of the molecule is C[CH-]CNc1ccccc1SC(/C=C/C=C1/C=C(C)C(CCCC)=Cc2ccccc21)=C1CC1. The van der Waals surface area contributed by atoms with Crippen molar-refractivity contribution < 1.29 is 0 Å². The van der Waals surface area contributed by atoms with Crippen LogP contribution in [0.4, 0.5) is 5.69 Å². The second-order valence-electron chi connectivity index (χ2n) is 9.02. The predicted molar refractivity (Wildman–Crippen MR) is 152 cm³/mol. The molecule has 1 N–H and O–H groups in total. The molecule has 0 spiro atoms. The number of unbranched alkanes of at least 4 members (excludes halogenated alkanes) is 1. The van der Waals surface area contributed by atoms with Gasteiger partial charge in [-0.1, -0.05) is 91.4 Å². The molecule has 1 fully saturated rings. The van der Waals surface area contributed by atoms with Crippen molar-refractivity contribution in [2.45, 2.75) is 57.8 Å². The number of anilines is 1. The summed E-state index contributed by atoms with van der Waals surface area (Å²) in [5, 5.41) is 3.53. The van der Waals surface area contributed by atoms with E-state index in [1.807, 2.05) is 11.8 Å². The lowest BCUT2D eigenvalue weighted by atomic mass is 9.99. The molecule has 2 aliphatic rings. The summed E-state index contributed by atoms with van der Waals surface area (Å²) in [7, 11) is 0. The van der Waals surface area contributed by atoms with Crippen LogP contribution in [0.15, 0.2) is 99.4 Å². The normalized spacial score (nSPS) is 16.2. The maximum absolute atomic E-state index is 3.53. The van der Waals surface area contributed by atoms with Crippen LogP contribution in [0.3, 0.4) is 0 Å². The Balaban J connectivity index is 1.59. The van der Waals surface area contributed by atoms with Crippen LogP contribution in [-0.4, -0.2) is 6.54 Å². The van der Waals surface area contributed by atoms with Crippen LogP contribution in [0.25, 0.3) is 11.6 Å². The molecule has 0 unspecified atom stereocenters. The Kier molecular flexibility index (Phi) is 8.71. The highest BCUT2D eigenvalue weighted by Gasteiger charge is 2.18. The summed E-state index contributed by atoms with van der Waals surface area (Å²) in [4.78, 5) is 2.67. The molecule has 4 rings (SSSR count). The molecule has 0 heterocycles. The third-order valence-electron chi connectivity index (χ3n) is 6.26. The van der Waals surface area contributed by atoms with Gasteiger partial charge in [0.1, 0.15) is 0 Å². The monoisotopic (exact) mass is 466 g/mol. The third kappa shape index (κ3) is 6.45. The molecule has 2 aromatic carbocycles. The molecular weight excluding hydrogens is 430 g/mol. The lowest BCUT2D eigenvalue weighted by molar-refractivity contribution is 0.794. The van der Waals surface area contributed by atoms with Crippen molar-refractivity contribution in [3.05, 3.63) is 112 Å². The van der Waals surface area contributed by atoms with Gasteiger partial charge in [0.15, 0.2) is 0 Å². The van der Waals surface area contributed by atoms with Crippen LogP contribution < -0.4 is 5.32 Å². The first kappa shape index (κ1) is 24.4. The molecule has 0 aromatic heterocycles. The van der Waals surface area contributed by atoms with E-state index in [0.717, 1.165) is 13.0 Å². The highest BCUT2D eigenvalue weighted by Crippen LogP contribution is 2.42. The van der Waals surface area contributed by atoms with E-state index in [-0.39, 0.29) is 0 Å². The fourth-order valence-corrected chi connectivity index (χ4v) is 5.30. The van der Waals surface area contributed by atoms with Crippen molar-refractivity contribution in [3.63, 3.8) is 0 Å². The summed E-state index contributed by atoms with van der Waals surface area (Å²) in [6.07, 6.45) is 19.8. The van der Waals surface area contributed by atoms with E-state index in [4.69, 9.17) is 0 Å². The number of allylic oxidation sites excluding steroid dienone is 8. The van der Waals surface area contributed by atoms with Gasteiger partial charge in [-0.15, -0.1) is 6.54 Å². The number of nitrogens with one attached hydrogen (secondary N) is 1. The van der Waals surface area contributed by atoms with Crippen LogP contribution in [0, 0.1) is 6.42 Å². The average Bonchev–Trinajstić information content (AvgIpc) is 3.71. The van der Waals surface area contributed by atoms with E-state index in [2.05, 4.69) is 111 Å². The highest BCUT2D eigenvalue weighted by atomic mass is 32.2. The number of benzene rings is 2. The van der Waals surface area contributed by atoms with Gasteiger partial charge in [0.25, 0.3) is 0 Å². The zero-order valence-electron chi connectivity index (χ0n) is 20.7. The first-order valence-electron chi connectivity index (χ1n) is 12.6. The minimum atomic E-state index is 0.880. The van der Waals surface area contributed by atoms with Crippen LogP contribution in [-0.2, 0) is 0 Å². The summed E-state index contributed by atoms with van der Waals surface area (Å²) in [5.41, 5.74) is 9.54. The summed E-state index contributed by atoms with van der Waals surface area (Å²) < 4.78 is 0. The Bertz CT molecular complexity index is 1150. The van der Waals surface area contributed by atoms with E-state index in [0.29, 0.717) is 0 Å². The van der Waals surface area contributed by atoms with E-state index < -0.39 is 0 Å². The van der Waals surface area contributed by atoms with Crippen LogP contribution in [0.2, 0.25) is 0 Å². The van der Waals surface area contributed by atoms with Gasteiger partial charge in [0, 0.05) is 15.5 Å². The zero-order valence-corrected chi connectivity index (χ0v) is 21.6. The minimum Gasteiger partial charge on any atom is -0.414 e. The summed E-state index contributed by atoms with van der Waals surface area (Å²) in [6.45, 7) is 7.49. The second kappa shape index (κ2) is 12.1. The molecule has 0 atom stereocenters. The van der Waals surface area contributed by atoms with Crippen LogP contribution in [0.5, 0.6) is 0 Å². The molecule has 1 saturated carbocycles. The molecule has 2 heteroatoms. The average molecular weight is 467 g/mol. The molecule has 0 saturated heterocycles. The second-order valence-corrected chi connectivity index (χ2v) is 10.1. The van der Waals surface area contributed by atoms with Gasteiger partial charge in [-0.2, -0.15) is 6.92 Å². The minimum absolute atomic E-state index is 0.880. The van der Waals surface area contributed by atoms with E-state index in [9.17, 15) is 0 Å². The van der Waals surface area contributed by atoms with Crippen LogP contribution >= 0.6 is 11.8 Å². The fourth-order valence-electron chi connectivity index (χ4n) is 4.17. The van der Waals surface area contributed by atoms with E-state index in [1.54, 1.807) is 5.57 Å². The van der Waals surface area contributed by atoms with Gasteiger partial charge in [0.2, 0.25) is 0 Å². The molecule has 0 aliphatic heterocycles. The molecule has 2 aliphatic carbocycles. The number of hydrogen-bond donors (Lipinski definition) is 1. The predicted octanol–water partition coefficient (Wildman–Crippen LogP) is 9.64. The van der Waals surface area contributed by atoms with Crippen molar-refractivity contribution in [1.82, 2.24) is 0 Å². The molecule has 1 nitrogen and oxygen atoms in total. The number of para-hydroxylation sites is 1. The largest absolute Gasteiger partial charge is 0.414 e. The molecule has 0 amide bonds. The number of hydrogen-bond acceptors (Lipinski definition) is 2. The summed E-state index contributed by atoms with van der Waals surface area (Å²) in [5.74, 6) is 0. The molecule has 176 valence electrons. The zero-order chi connectivity index (χ0) is 23.8. The number of thioether (sulfide) groups is 1. The van der Waals surface area contributed by atoms with Gasteiger partial charge in [0.05, 0.1) is 0 Å². The molecule has 0 bridgehead atoms. The lowest BCUT2D eigenvalue weighted by Gasteiger charge is -2.14. The van der Waals surface area contributed by atoms with Crippen molar-refractivity contribution in [3.8, 4) is 0 Å². The van der Waals surface area contributed by atoms with Gasteiger partial charge >= 0.3 is 0 Å². The number of rotatable bonds is 10. The van der Waals surface area contributed by atoms with Gasteiger partial charge in [-0.25, -0.2) is 0 Å². The van der Waals surface area contributed by atoms with Crippen molar-refractivity contribution in [2.75, 3.05) is 11.9 Å². The highest BCUT2D eigenvalue weighted by molar-refractivity contribution is 8.03. The lowest BCUT2D eigenvalue weighted by Crippen LogP contribution is -2.01. The first-order valence-corrected chi connectivity index (χ1v) is 13.4. The molecular formula is C32H36NS-. The molecule has 34 heavy (non-hydrogen) atoms. The number of fused-ring (bicyclic) bond motifs is 1. The Hall–Kier alpha value is -2.71. The van der Waals surface area contributed by atoms with Crippen LogP contribution in [0.1, 0.15) is 64.0 Å². The maximum Gasteiger partial charge on any atom is 0.0457 e. The standard InChI is InChI=1S/C32H36NS/c1-4-6-12-26-23-28-13-7-8-15-29(28)27(22-24(26)3)14-11-18-31(25-19-20-25)34-32-17-10-9-16-30(32)33-21-5-2/h5,7-11,13-18,22-23,33H,4,6,12,19-21H2,1-3H3/q-1/b18-11+,27-14-. The first-order chi connectivity index (χ1) is 16.7. The third-order valence-corrected chi connectivity index (χ3v) is 7.48. The van der Waals surface area contributed by atoms with E-state index >= 15 is 0 Å². The van der Waals surface area contributed by atoms with Crippen molar-refractivity contribution in [2.24, 2.45) is 0 Å². The Morgan fingerprint density at radius 3 is 2.65 bits per heavy atom. The smallest absolute Gasteiger partial charge is 0.0457 e. The van der Waals surface area contributed by atoms with Gasteiger partial charge in [-0.3, -0.25) is 0 Å². The molecule has 2 aromatic rings. The van der Waals surface area contributed by atoms with Gasteiger partial charge in [-0.05, 0) is 78.7 Å².